The Morgan fingerprint density at radius 2 is 2.04 bits per heavy atom. The van der Waals surface area contributed by atoms with Gasteiger partial charge in [0.1, 0.15) is 5.82 Å². The maximum absolute atomic E-state index is 12.6. The first-order valence-electron chi connectivity index (χ1n) is 9.23. The van der Waals surface area contributed by atoms with Crippen LogP contribution in [0, 0.1) is 5.92 Å². The molecule has 0 aromatic carbocycles. The lowest BCUT2D eigenvalue weighted by Crippen LogP contribution is -2.36. The Hall–Kier alpha value is -1.95. The Labute approximate surface area is 148 Å². The lowest BCUT2D eigenvalue weighted by atomic mass is 9.94. The molecule has 0 spiro atoms. The van der Waals surface area contributed by atoms with Gasteiger partial charge in [-0.3, -0.25) is 14.5 Å². The van der Waals surface area contributed by atoms with Gasteiger partial charge in [-0.05, 0) is 37.9 Å². The minimum atomic E-state index is -0.338. The molecule has 1 atom stereocenters. The molecule has 2 aliphatic rings. The van der Waals surface area contributed by atoms with Crippen LogP contribution in [-0.4, -0.2) is 48.0 Å². The van der Waals surface area contributed by atoms with Crippen LogP contribution >= 0.6 is 0 Å². The Morgan fingerprint density at radius 1 is 1.24 bits per heavy atom. The van der Waals surface area contributed by atoms with Crippen molar-refractivity contribution < 1.29 is 14.3 Å². The number of carbonyl (C=O) groups is 2. The highest BCUT2D eigenvalue weighted by atomic mass is 16.5. The molecular weight excluding hydrogens is 318 g/mol. The van der Waals surface area contributed by atoms with Crippen LogP contribution in [-0.2, 0) is 20.7 Å². The van der Waals surface area contributed by atoms with Crippen molar-refractivity contribution in [3.63, 3.8) is 0 Å². The molecule has 1 aromatic heterocycles. The molecule has 25 heavy (non-hydrogen) atoms. The van der Waals surface area contributed by atoms with E-state index in [1.165, 1.54) is 39.2 Å². The molecule has 0 bridgehead atoms. The lowest BCUT2D eigenvalue weighted by molar-refractivity contribution is -0.139. The molecule has 0 radical (unpaired) electrons. The van der Waals surface area contributed by atoms with Crippen molar-refractivity contribution in [3.8, 4) is 0 Å². The first-order chi connectivity index (χ1) is 12.2. The molecule has 6 heteroatoms. The Morgan fingerprint density at radius 3 is 2.80 bits per heavy atom. The summed E-state index contributed by atoms with van der Waals surface area (Å²) < 4.78 is 4.65. The van der Waals surface area contributed by atoms with Crippen LogP contribution in [0.2, 0.25) is 0 Å². The van der Waals surface area contributed by atoms with Gasteiger partial charge >= 0.3 is 5.97 Å². The predicted molar refractivity (Wildman–Crippen MR) is 95.1 cm³/mol. The zero-order valence-electron chi connectivity index (χ0n) is 14.9. The number of anilines is 1. The number of likely N-dealkylation sites (tertiary alicyclic amines) is 1. The van der Waals surface area contributed by atoms with E-state index in [4.69, 9.17) is 0 Å². The van der Waals surface area contributed by atoms with Crippen LogP contribution in [0.1, 0.15) is 44.2 Å². The van der Waals surface area contributed by atoms with E-state index in [9.17, 15) is 9.59 Å². The molecule has 2 heterocycles. The van der Waals surface area contributed by atoms with E-state index < -0.39 is 0 Å². The van der Waals surface area contributed by atoms with E-state index >= 15 is 0 Å². The Bertz CT molecular complexity index is 614. The fraction of sp³-hybridized carbons (Fsp3) is 0.632. The van der Waals surface area contributed by atoms with E-state index in [-0.39, 0.29) is 24.2 Å². The topological polar surface area (TPSA) is 71.5 Å². The van der Waals surface area contributed by atoms with Crippen LogP contribution in [0.15, 0.2) is 18.2 Å². The Kier molecular flexibility index (Phi) is 6.02. The molecular formula is C19H27N3O3. The third-order valence-electron chi connectivity index (χ3n) is 5.29. The van der Waals surface area contributed by atoms with Gasteiger partial charge < -0.3 is 10.1 Å². The second-order valence-corrected chi connectivity index (χ2v) is 7.03. The first-order valence-corrected chi connectivity index (χ1v) is 9.23. The summed E-state index contributed by atoms with van der Waals surface area (Å²) in [4.78, 5) is 30.7. The summed E-state index contributed by atoms with van der Waals surface area (Å²) in [6.45, 7) is 1.86. The molecule has 1 N–H and O–H groups in total. The summed E-state index contributed by atoms with van der Waals surface area (Å²) >= 11 is 0. The van der Waals surface area contributed by atoms with E-state index in [0.717, 1.165) is 19.5 Å². The Balaban J connectivity index is 1.54. The SMILES string of the molecule is COC(=O)Cc1cccc(NC(=O)C2CCN(C3CCCCC3)C2)n1. The molecule has 2 fully saturated rings. The highest BCUT2D eigenvalue weighted by Crippen LogP contribution is 2.28. The van der Waals surface area contributed by atoms with Gasteiger partial charge in [0.25, 0.3) is 0 Å². The van der Waals surface area contributed by atoms with Crippen molar-refractivity contribution in [1.29, 1.82) is 0 Å². The third-order valence-corrected chi connectivity index (χ3v) is 5.29. The minimum Gasteiger partial charge on any atom is -0.469 e. The van der Waals surface area contributed by atoms with Crippen molar-refractivity contribution in [2.75, 3.05) is 25.5 Å². The summed E-state index contributed by atoms with van der Waals surface area (Å²) in [6.07, 6.45) is 7.53. The third kappa shape index (κ3) is 4.78. The van der Waals surface area contributed by atoms with Gasteiger partial charge in [-0.2, -0.15) is 0 Å². The number of hydrogen-bond donors (Lipinski definition) is 1. The molecule has 1 saturated carbocycles. The number of nitrogens with one attached hydrogen (secondary N) is 1. The smallest absolute Gasteiger partial charge is 0.311 e. The van der Waals surface area contributed by atoms with Crippen molar-refractivity contribution in [2.24, 2.45) is 5.92 Å². The van der Waals surface area contributed by atoms with Crippen LogP contribution in [0.3, 0.4) is 0 Å². The molecule has 136 valence electrons. The van der Waals surface area contributed by atoms with Crippen LogP contribution in [0.25, 0.3) is 0 Å². The first kappa shape index (κ1) is 17.9. The molecule has 1 aliphatic carbocycles. The number of aromatic nitrogens is 1. The van der Waals surface area contributed by atoms with E-state index in [1.807, 2.05) is 0 Å². The number of amides is 1. The number of hydrogen-bond acceptors (Lipinski definition) is 5. The summed E-state index contributed by atoms with van der Waals surface area (Å²) in [5.74, 6) is 0.214. The highest BCUT2D eigenvalue weighted by molar-refractivity contribution is 5.92. The molecule has 1 aromatic rings. The van der Waals surface area contributed by atoms with Crippen molar-refractivity contribution in [1.82, 2.24) is 9.88 Å². The van der Waals surface area contributed by atoms with Crippen molar-refractivity contribution in [2.45, 2.75) is 51.0 Å². The molecule has 1 saturated heterocycles. The van der Waals surface area contributed by atoms with Crippen molar-refractivity contribution in [3.05, 3.63) is 23.9 Å². The average Bonchev–Trinajstić information content (AvgIpc) is 3.13. The van der Waals surface area contributed by atoms with Gasteiger partial charge in [-0.15, -0.1) is 0 Å². The molecule has 1 aliphatic heterocycles. The van der Waals surface area contributed by atoms with Gasteiger partial charge in [0.2, 0.25) is 5.91 Å². The molecule has 3 rings (SSSR count). The van der Waals surface area contributed by atoms with Gasteiger partial charge in [0, 0.05) is 12.6 Å². The van der Waals surface area contributed by atoms with Gasteiger partial charge in [0.15, 0.2) is 0 Å². The fourth-order valence-corrected chi connectivity index (χ4v) is 3.88. The number of carbonyl (C=O) groups excluding carboxylic acids is 2. The van der Waals surface area contributed by atoms with Crippen LogP contribution in [0.5, 0.6) is 0 Å². The van der Waals surface area contributed by atoms with Crippen LogP contribution < -0.4 is 5.32 Å². The van der Waals surface area contributed by atoms with Gasteiger partial charge in [0.05, 0.1) is 25.1 Å². The van der Waals surface area contributed by atoms with Gasteiger partial charge in [-0.1, -0.05) is 25.3 Å². The predicted octanol–water partition coefficient (Wildman–Crippen LogP) is 2.39. The maximum atomic E-state index is 12.6. The maximum Gasteiger partial charge on any atom is 0.311 e. The zero-order chi connectivity index (χ0) is 17.6. The normalized spacial score (nSPS) is 21.9. The second kappa shape index (κ2) is 8.43. The summed E-state index contributed by atoms with van der Waals surface area (Å²) in [5, 5.41) is 2.91. The van der Waals surface area contributed by atoms with Gasteiger partial charge in [-0.25, -0.2) is 4.98 Å². The zero-order valence-corrected chi connectivity index (χ0v) is 14.9. The standard InChI is InChI=1S/C19H27N3O3/c1-25-18(23)12-15-6-5-9-17(20-15)21-19(24)14-10-11-22(13-14)16-7-3-2-4-8-16/h5-6,9,14,16H,2-4,7-8,10-13H2,1H3,(H,20,21,24). The monoisotopic (exact) mass is 345 g/mol. The second-order valence-electron chi connectivity index (χ2n) is 7.03. The number of ether oxygens (including phenoxy) is 1. The van der Waals surface area contributed by atoms with E-state index in [1.54, 1.807) is 18.2 Å². The van der Waals surface area contributed by atoms with E-state index in [2.05, 4.69) is 19.9 Å². The van der Waals surface area contributed by atoms with Crippen LogP contribution in [0.4, 0.5) is 5.82 Å². The molecule has 1 unspecified atom stereocenters. The van der Waals surface area contributed by atoms with E-state index in [0.29, 0.717) is 17.6 Å². The fourth-order valence-electron chi connectivity index (χ4n) is 3.88. The number of rotatable bonds is 5. The lowest BCUT2D eigenvalue weighted by Gasteiger charge is -2.30. The summed E-state index contributed by atoms with van der Waals surface area (Å²) in [5.41, 5.74) is 0.597. The summed E-state index contributed by atoms with van der Waals surface area (Å²) in [6, 6.07) is 5.97. The molecule has 6 nitrogen and oxygen atoms in total. The largest absolute Gasteiger partial charge is 0.469 e. The van der Waals surface area contributed by atoms with Crippen molar-refractivity contribution >= 4 is 17.7 Å². The number of methoxy groups -OCH3 is 1. The quantitative estimate of drug-likeness (QED) is 0.830. The minimum absolute atomic E-state index is 0.0213. The molecule has 1 amide bonds. The highest BCUT2D eigenvalue weighted by Gasteiger charge is 2.32. The number of pyridine rings is 1. The summed E-state index contributed by atoms with van der Waals surface area (Å²) in [7, 11) is 1.35. The average molecular weight is 345 g/mol. The number of esters is 1. The number of nitrogens with zero attached hydrogens (tertiary/aromatic N) is 2.